The largest absolute Gasteiger partial charge is 0.387 e. The molecule has 0 fully saturated rings. The third-order valence-electron chi connectivity index (χ3n) is 5.37. The van der Waals surface area contributed by atoms with Crippen molar-refractivity contribution >= 4 is 29.8 Å². The molecule has 0 saturated carbocycles. The molecule has 4 amide bonds. The molecule has 0 aliphatic carbocycles. The van der Waals surface area contributed by atoms with Crippen molar-refractivity contribution < 1.29 is 29.5 Å². The number of hydrogen-bond donors (Lipinski definition) is 3. The van der Waals surface area contributed by atoms with Gasteiger partial charge in [0.2, 0.25) is 12.3 Å². The zero-order valence-electron chi connectivity index (χ0n) is 17.7. The van der Waals surface area contributed by atoms with E-state index in [0.29, 0.717) is 48.0 Å². The van der Waals surface area contributed by atoms with Gasteiger partial charge in [-0.2, -0.15) is 0 Å². The molecule has 1 atom stereocenters. The highest BCUT2D eigenvalue weighted by atomic mass is 16.5. The van der Waals surface area contributed by atoms with Gasteiger partial charge in [-0.1, -0.05) is 26.2 Å². The van der Waals surface area contributed by atoms with Crippen molar-refractivity contribution in [2.24, 2.45) is 11.8 Å². The quantitative estimate of drug-likeness (QED) is 0.124. The number of hydroxylamine groups is 2. The summed E-state index contributed by atoms with van der Waals surface area (Å²) in [6.45, 7) is 1.63. The summed E-state index contributed by atoms with van der Waals surface area (Å²) in [6, 6.07) is 4.68. The van der Waals surface area contributed by atoms with Gasteiger partial charge in [-0.3, -0.25) is 24.4 Å². The summed E-state index contributed by atoms with van der Waals surface area (Å²) < 4.78 is 0. The lowest BCUT2D eigenvalue weighted by Crippen LogP contribution is -2.48. The van der Waals surface area contributed by atoms with Crippen LogP contribution in [0.1, 0.15) is 54.9 Å². The minimum absolute atomic E-state index is 0.191. The molecule has 0 spiro atoms. The SMILES string of the molecule is CCCCC[C@H](CN(O)C=O)C(=O)N(N)C(=O)c1ccc2c(c1)CCCN2C(=O)CO. The second-order valence-electron chi connectivity index (χ2n) is 7.58. The highest BCUT2D eigenvalue weighted by molar-refractivity contribution is 6.05. The van der Waals surface area contributed by atoms with E-state index in [1.165, 1.54) is 11.0 Å². The molecule has 1 heterocycles. The molecule has 0 unspecified atom stereocenters. The summed E-state index contributed by atoms with van der Waals surface area (Å²) in [6.07, 6.45) is 4.37. The number of fused-ring (bicyclic) bond motifs is 1. The van der Waals surface area contributed by atoms with Gasteiger partial charge < -0.3 is 10.0 Å². The number of aliphatic hydroxyl groups is 1. The Morgan fingerprint density at radius 1 is 1.29 bits per heavy atom. The third kappa shape index (κ3) is 6.09. The standard InChI is InChI=1S/C21H30N4O6/c1-2-3-4-6-17(12-23(31)14-27)21(30)25(22)20(29)16-8-9-18-15(11-16)7-5-10-24(18)19(28)13-26/h8-9,11,14,17,26,31H,2-7,10,12-13,22H2,1H3/t17-/m1/s1. The minimum atomic E-state index is -0.814. The zero-order chi connectivity index (χ0) is 23.0. The van der Waals surface area contributed by atoms with Crippen LogP contribution in [-0.4, -0.2) is 64.2 Å². The number of carbonyl (C=O) groups is 4. The van der Waals surface area contributed by atoms with Crippen LogP contribution in [0.4, 0.5) is 5.69 Å². The smallest absolute Gasteiger partial charge is 0.274 e. The fourth-order valence-corrected chi connectivity index (χ4v) is 3.71. The van der Waals surface area contributed by atoms with Crippen molar-refractivity contribution in [3.63, 3.8) is 0 Å². The number of aryl methyl sites for hydroxylation is 1. The van der Waals surface area contributed by atoms with Crippen molar-refractivity contribution in [3.8, 4) is 0 Å². The van der Waals surface area contributed by atoms with Crippen LogP contribution in [-0.2, 0) is 20.8 Å². The Labute approximate surface area is 181 Å². The first-order valence-electron chi connectivity index (χ1n) is 10.4. The van der Waals surface area contributed by atoms with E-state index in [1.54, 1.807) is 12.1 Å². The molecule has 4 N–H and O–H groups in total. The predicted octanol–water partition coefficient (Wildman–Crippen LogP) is 0.845. The number of amides is 4. The molecule has 10 heteroatoms. The van der Waals surface area contributed by atoms with Crippen LogP contribution in [0.2, 0.25) is 0 Å². The van der Waals surface area contributed by atoms with Gasteiger partial charge in [-0.25, -0.2) is 15.9 Å². The molecule has 2 rings (SSSR count). The number of rotatable bonds is 10. The molecule has 1 aromatic carbocycles. The molecule has 1 aromatic rings. The summed E-state index contributed by atoms with van der Waals surface area (Å²) in [5, 5.41) is 19.6. The van der Waals surface area contributed by atoms with Gasteiger partial charge in [-0.15, -0.1) is 0 Å². The van der Waals surface area contributed by atoms with E-state index in [1.807, 2.05) is 6.92 Å². The van der Waals surface area contributed by atoms with Gasteiger partial charge in [0.25, 0.3) is 11.8 Å². The molecule has 0 saturated heterocycles. The molecule has 1 aliphatic rings. The Kier molecular flexibility index (Phi) is 9.10. The van der Waals surface area contributed by atoms with Crippen LogP contribution in [0.5, 0.6) is 0 Å². The summed E-state index contributed by atoms with van der Waals surface area (Å²) in [5.74, 6) is 3.20. The van der Waals surface area contributed by atoms with Crippen molar-refractivity contribution in [2.45, 2.75) is 45.4 Å². The number of nitrogens with two attached hydrogens (primary N) is 1. The van der Waals surface area contributed by atoms with Crippen molar-refractivity contribution in [2.75, 3.05) is 24.6 Å². The topological polar surface area (TPSA) is 144 Å². The van der Waals surface area contributed by atoms with Gasteiger partial charge in [0, 0.05) is 17.8 Å². The number of carbonyl (C=O) groups excluding carboxylic acids is 4. The minimum Gasteiger partial charge on any atom is -0.387 e. The Balaban J connectivity index is 2.19. The van der Waals surface area contributed by atoms with Crippen LogP contribution in [0.3, 0.4) is 0 Å². The molecule has 0 aromatic heterocycles. The Hall–Kier alpha value is -2.82. The van der Waals surface area contributed by atoms with E-state index < -0.39 is 30.2 Å². The van der Waals surface area contributed by atoms with Gasteiger partial charge in [-0.05, 0) is 43.0 Å². The lowest BCUT2D eigenvalue weighted by Gasteiger charge is -2.29. The van der Waals surface area contributed by atoms with Gasteiger partial charge in [0.1, 0.15) is 6.61 Å². The fourth-order valence-electron chi connectivity index (χ4n) is 3.71. The van der Waals surface area contributed by atoms with Crippen molar-refractivity contribution in [3.05, 3.63) is 29.3 Å². The first kappa shape index (κ1) is 24.4. The van der Waals surface area contributed by atoms with Crippen molar-refractivity contribution in [1.82, 2.24) is 10.1 Å². The molecular weight excluding hydrogens is 404 g/mol. The van der Waals surface area contributed by atoms with Crippen LogP contribution >= 0.6 is 0 Å². The number of aliphatic hydroxyl groups excluding tert-OH is 1. The van der Waals surface area contributed by atoms with Gasteiger partial charge >= 0.3 is 0 Å². The summed E-state index contributed by atoms with van der Waals surface area (Å²) in [7, 11) is 0. The molecular formula is C21H30N4O6. The first-order chi connectivity index (χ1) is 14.8. The number of nitrogens with zero attached hydrogens (tertiary/aromatic N) is 3. The Morgan fingerprint density at radius 2 is 2.03 bits per heavy atom. The maximum Gasteiger partial charge on any atom is 0.274 e. The highest BCUT2D eigenvalue weighted by Gasteiger charge is 2.30. The molecule has 1 aliphatic heterocycles. The van der Waals surface area contributed by atoms with Gasteiger partial charge in [0.05, 0.1) is 12.5 Å². The van der Waals surface area contributed by atoms with Crippen LogP contribution < -0.4 is 10.7 Å². The van der Waals surface area contributed by atoms with Gasteiger partial charge in [0.15, 0.2) is 0 Å². The fraction of sp³-hybridized carbons (Fsp3) is 0.524. The molecule has 0 bridgehead atoms. The number of imide groups is 1. The van der Waals surface area contributed by atoms with E-state index in [-0.39, 0.29) is 18.5 Å². The normalized spacial score (nSPS) is 13.9. The van der Waals surface area contributed by atoms with E-state index in [9.17, 15) is 24.4 Å². The average Bonchev–Trinajstić information content (AvgIpc) is 2.80. The summed E-state index contributed by atoms with van der Waals surface area (Å²) >= 11 is 0. The molecule has 10 nitrogen and oxygen atoms in total. The Bertz CT molecular complexity index is 815. The average molecular weight is 434 g/mol. The lowest BCUT2D eigenvalue weighted by molar-refractivity contribution is -0.156. The van der Waals surface area contributed by atoms with E-state index in [0.717, 1.165) is 18.4 Å². The second-order valence-corrected chi connectivity index (χ2v) is 7.58. The van der Waals surface area contributed by atoms with E-state index in [2.05, 4.69) is 0 Å². The number of anilines is 1. The maximum absolute atomic E-state index is 12.8. The van der Waals surface area contributed by atoms with Crippen LogP contribution in [0, 0.1) is 5.92 Å². The zero-order valence-corrected chi connectivity index (χ0v) is 17.7. The first-order valence-corrected chi connectivity index (χ1v) is 10.4. The van der Waals surface area contributed by atoms with E-state index >= 15 is 0 Å². The summed E-state index contributed by atoms with van der Waals surface area (Å²) in [4.78, 5) is 49.8. The monoisotopic (exact) mass is 434 g/mol. The number of hydrogen-bond acceptors (Lipinski definition) is 7. The highest BCUT2D eigenvalue weighted by Crippen LogP contribution is 2.28. The van der Waals surface area contributed by atoms with Crippen molar-refractivity contribution in [1.29, 1.82) is 0 Å². The molecule has 31 heavy (non-hydrogen) atoms. The maximum atomic E-state index is 12.8. The summed E-state index contributed by atoms with van der Waals surface area (Å²) in [5.41, 5.74) is 1.56. The predicted molar refractivity (Wildman–Crippen MR) is 112 cm³/mol. The third-order valence-corrected chi connectivity index (χ3v) is 5.37. The number of unbranched alkanes of at least 4 members (excludes halogenated alkanes) is 2. The molecule has 0 radical (unpaired) electrons. The van der Waals surface area contributed by atoms with E-state index in [4.69, 9.17) is 10.9 Å². The number of benzene rings is 1. The lowest BCUT2D eigenvalue weighted by atomic mass is 9.97. The van der Waals surface area contributed by atoms with Crippen LogP contribution in [0.25, 0.3) is 0 Å². The van der Waals surface area contributed by atoms with Crippen LogP contribution in [0.15, 0.2) is 18.2 Å². The second kappa shape index (κ2) is 11.5. The Morgan fingerprint density at radius 3 is 2.68 bits per heavy atom. The molecule has 170 valence electrons. The number of hydrazine groups is 1.